The molecule has 5 rings (SSSR count). The molecule has 2 nitrogen and oxygen atoms in total. The Morgan fingerprint density at radius 3 is 1.32 bits per heavy atom. The zero-order valence-electron chi connectivity index (χ0n) is 25.1. The zero-order chi connectivity index (χ0) is 27.5. The summed E-state index contributed by atoms with van der Waals surface area (Å²) < 4.78 is 8.33. The fourth-order valence-electron chi connectivity index (χ4n) is 7.60. The van der Waals surface area contributed by atoms with Crippen molar-refractivity contribution in [1.82, 2.24) is 0 Å². The van der Waals surface area contributed by atoms with Crippen LogP contribution in [0.15, 0.2) is 24.3 Å². The Bertz CT molecular complexity index is 588. The van der Waals surface area contributed by atoms with Crippen molar-refractivity contribution in [3.8, 4) is 0 Å². The fraction of sp³-hybridized carbons (Fsp3) is 0.794. The number of benzene rings is 1. The molecule has 4 atom stereocenters. The van der Waals surface area contributed by atoms with Gasteiger partial charge in [-0.25, -0.2) is 0 Å². The van der Waals surface area contributed by atoms with Crippen LogP contribution in [0.5, 0.6) is 0 Å². The Hall–Kier alpha value is -0.332. The quantitative estimate of drug-likeness (QED) is 0.299. The van der Waals surface area contributed by atoms with Crippen LogP contribution in [0.3, 0.4) is 0 Å². The molecule has 1 aromatic carbocycles. The summed E-state index contributed by atoms with van der Waals surface area (Å²) >= 11 is 0.333. The third-order valence-electron chi connectivity index (χ3n) is 9.37. The second-order valence-corrected chi connectivity index (χ2v) is 11.7. The summed E-state index contributed by atoms with van der Waals surface area (Å²) in [4.78, 5) is 0. The summed E-state index contributed by atoms with van der Waals surface area (Å²) in [5.41, 5.74) is 5.75. The van der Waals surface area contributed by atoms with Crippen LogP contribution >= 0.6 is 0 Å². The number of fused-ring (bicyclic) bond motifs is 2. The van der Waals surface area contributed by atoms with Crippen molar-refractivity contribution in [2.75, 3.05) is 0 Å². The molecule has 4 fully saturated rings. The predicted molar refractivity (Wildman–Crippen MR) is 154 cm³/mol. The van der Waals surface area contributed by atoms with E-state index in [1.54, 1.807) is 57.4 Å². The van der Waals surface area contributed by atoms with Crippen molar-refractivity contribution in [2.45, 2.75) is 137 Å². The molecular weight excluding hydrogens is 622 g/mol. The van der Waals surface area contributed by atoms with Crippen molar-refractivity contribution in [3.05, 3.63) is 41.9 Å². The molecule has 3 N–H and O–H groups in total. The van der Waals surface area contributed by atoms with Crippen LogP contribution in [0.4, 0.5) is 0 Å². The van der Waals surface area contributed by atoms with Gasteiger partial charge in [0.15, 0.2) is 0 Å². The predicted octanol–water partition coefficient (Wildman–Crippen LogP) is 9.48. The Morgan fingerprint density at radius 1 is 0.730 bits per heavy atom. The van der Waals surface area contributed by atoms with E-state index >= 15 is 0 Å². The first-order valence-corrected chi connectivity index (χ1v) is 17.1. The number of hydrogen-bond donors (Lipinski definition) is 1. The first-order chi connectivity index (χ1) is 18.2. The van der Waals surface area contributed by atoms with Gasteiger partial charge >= 0.3 is 23.2 Å². The molecule has 3 heteroatoms. The van der Waals surface area contributed by atoms with Crippen LogP contribution < -0.4 is 5.73 Å². The number of hydrogen-bond acceptors (Lipinski definition) is 1. The number of quaternary nitrogens is 1. The van der Waals surface area contributed by atoms with Crippen molar-refractivity contribution in [3.63, 3.8) is 0 Å². The molecule has 0 amide bonds. The Balaban J connectivity index is 0.000000443. The van der Waals surface area contributed by atoms with Crippen LogP contribution in [0.25, 0.3) is 0 Å². The molecule has 0 aromatic heterocycles. The van der Waals surface area contributed by atoms with Gasteiger partial charge in [-0.2, -0.15) is 35.9 Å². The van der Waals surface area contributed by atoms with Crippen LogP contribution in [0.1, 0.15) is 136 Å². The van der Waals surface area contributed by atoms with Crippen molar-refractivity contribution >= 4 is 0 Å². The molecule has 0 heterocycles. The second-order valence-electron chi connectivity index (χ2n) is 11.7. The average Bonchev–Trinajstić information content (AvgIpc) is 3.58. The van der Waals surface area contributed by atoms with Crippen LogP contribution in [0, 0.1) is 54.5 Å². The molecule has 4 unspecified atom stereocenters. The SMILES string of the molecule is CC.CC.Cc1cc[c-]cc1.[NH3+][C-](CCC1CC2CCCCC2C1)CCC1CC2CCCCC2C1.[O]=[W]. The zero-order valence-corrected chi connectivity index (χ0v) is 28.0. The van der Waals surface area contributed by atoms with Gasteiger partial charge in [0, 0.05) is 0 Å². The molecule has 0 spiro atoms. The monoisotopic (exact) mass is 682 g/mol. The van der Waals surface area contributed by atoms with E-state index in [1.807, 2.05) is 52.0 Å². The summed E-state index contributed by atoms with van der Waals surface area (Å²) in [6, 6.07) is 12.4. The topological polar surface area (TPSA) is 44.7 Å². The summed E-state index contributed by atoms with van der Waals surface area (Å²) in [7, 11) is 0. The minimum absolute atomic E-state index is 0.333. The summed E-state index contributed by atoms with van der Waals surface area (Å²) in [6.07, 6.45) is 24.1. The second kappa shape index (κ2) is 21.5. The van der Waals surface area contributed by atoms with E-state index in [0.717, 1.165) is 35.5 Å². The van der Waals surface area contributed by atoms with Gasteiger partial charge in [0.1, 0.15) is 0 Å². The molecule has 4 aliphatic carbocycles. The van der Waals surface area contributed by atoms with Crippen LogP contribution in [-0.2, 0) is 23.2 Å². The van der Waals surface area contributed by atoms with Gasteiger partial charge in [-0.05, 0) is 61.2 Å². The molecule has 4 saturated carbocycles. The van der Waals surface area contributed by atoms with Gasteiger partial charge in [-0.15, -0.1) is 18.9 Å². The minimum atomic E-state index is 0.333. The number of rotatable bonds is 6. The molecule has 1 aromatic rings. The first kappa shape index (κ1) is 34.7. The Morgan fingerprint density at radius 2 is 1.05 bits per heavy atom. The molecule has 214 valence electrons. The number of aryl methyl sites for hydroxylation is 1. The molecular formula is C34H60NOW-. The van der Waals surface area contributed by atoms with E-state index < -0.39 is 0 Å². The molecule has 0 radical (unpaired) electrons. The van der Waals surface area contributed by atoms with Gasteiger partial charge in [0.05, 0.1) is 0 Å². The van der Waals surface area contributed by atoms with Gasteiger partial charge < -0.3 is 5.73 Å². The molecule has 0 saturated heterocycles. The van der Waals surface area contributed by atoms with E-state index in [0.29, 0.717) is 19.8 Å². The Labute approximate surface area is 242 Å². The standard InChI is InChI=1S/C23H41N.C7H7.2C2H6.O.W/c24-23(11-9-17-13-19-5-1-2-6-20(19)14-17)12-10-18-15-21-7-3-4-8-22(21)16-18;1-7-5-3-2-4-6-7;2*1-2;;/h17-22H,1-16H2,24H3;3-6H,1H3;2*1-2H3;;/q;-1;;;;. The van der Waals surface area contributed by atoms with E-state index in [4.69, 9.17) is 3.40 Å². The van der Waals surface area contributed by atoms with Crippen LogP contribution in [0.2, 0.25) is 0 Å². The van der Waals surface area contributed by atoms with Gasteiger partial charge in [0.2, 0.25) is 0 Å². The third-order valence-corrected chi connectivity index (χ3v) is 9.37. The van der Waals surface area contributed by atoms with Gasteiger partial charge in [0.25, 0.3) is 0 Å². The van der Waals surface area contributed by atoms with Crippen molar-refractivity contribution in [2.24, 2.45) is 35.5 Å². The summed E-state index contributed by atoms with van der Waals surface area (Å²) in [6.45, 7) is 10.1. The van der Waals surface area contributed by atoms with Crippen molar-refractivity contribution in [1.29, 1.82) is 0 Å². The van der Waals surface area contributed by atoms with Crippen molar-refractivity contribution < 1.29 is 28.9 Å². The molecule has 4 aliphatic rings. The maximum absolute atomic E-state index is 8.33. The normalized spacial score (nSPS) is 29.5. The van der Waals surface area contributed by atoms with E-state index in [9.17, 15) is 0 Å². The molecule has 37 heavy (non-hydrogen) atoms. The van der Waals surface area contributed by atoms with E-state index in [2.05, 4.69) is 18.7 Å². The van der Waals surface area contributed by atoms with E-state index in [1.165, 1.54) is 56.9 Å². The van der Waals surface area contributed by atoms with Crippen LogP contribution in [-0.4, -0.2) is 0 Å². The maximum atomic E-state index is 8.33. The Kier molecular flexibility index (Phi) is 20.1. The first-order valence-electron chi connectivity index (χ1n) is 15.9. The van der Waals surface area contributed by atoms with Gasteiger partial charge in [-0.3, -0.25) is 0 Å². The van der Waals surface area contributed by atoms with E-state index in [-0.39, 0.29) is 0 Å². The third kappa shape index (κ3) is 13.0. The average molecular weight is 683 g/mol. The summed E-state index contributed by atoms with van der Waals surface area (Å²) in [5.74, 6) is 6.53. The summed E-state index contributed by atoms with van der Waals surface area (Å²) in [5, 5.41) is 0. The fourth-order valence-corrected chi connectivity index (χ4v) is 7.60. The molecule has 0 aliphatic heterocycles. The van der Waals surface area contributed by atoms with Gasteiger partial charge in [-0.1, -0.05) is 98.8 Å². The molecule has 0 bridgehead atoms.